The molecule has 1 aromatic carbocycles. The van der Waals surface area contributed by atoms with Crippen LogP contribution < -0.4 is 0 Å². The van der Waals surface area contributed by atoms with E-state index in [9.17, 15) is 8.42 Å². The van der Waals surface area contributed by atoms with Crippen molar-refractivity contribution < 1.29 is 18.7 Å². The molecule has 0 aliphatic heterocycles. The minimum atomic E-state index is -3.61. The Balaban J connectivity index is 2.36. The summed E-state index contributed by atoms with van der Waals surface area (Å²) >= 11 is 0. The van der Waals surface area contributed by atoms with Gasteiger partial charge in [0.25, 0.3) is 10.1 Å². The maximum absolute atomic E-state index is 10.9. The highest BCUT2D eigenvalue weighted by molar-refractivity contribution is 7.85. The monoisotopic (exact) mass is 271 g/mol. The van der Waals surface area contributed by atoms with Crippen molar-refractivity contribution in [2.75, 3.05) is 19.4 Å². The zero-order chi connectivity index (χ0) is 14.3. The van der Waals surface area contributed by atoms with Crippen molar-refractivity contribution in [3.8, 4) is 0 Å². The van der Waals surface area contributed by atoms with Crippen molar-refractivity contribution in [1.82, 2.24) is 0 Å². The molecule has 1 unspecified atom stereocenters. The lowest BCUT2D eigenvalue weighted by molar-refractivity contribution is 0.148. The van der Waals surface area contributed by atoms with Crippen LogP contribution >= 0.6 is 0 Å². The molecule has 0 N–H and O–H groups in total. The van der Waals surface area contributed by atoms with Crippen LogP contribution in [0.25, 0.3) is 0 Å². The highest BCUT2D eigenvalue weighted by atomic mass is 32.2. The van der Waals surface area contributed by atoms with Gasteiger partial charge in [0.05, 0.1) is 27.4 Å². The summed E-state index contributed by atoms with van der Waals surface area (Å²) < 4.78 is 39.2. The predicted molar refractivity (Wildman–Crippen MR) is 70.7 cm³/mol. The van der Waals surface area contributed by atoms with Crippen molar-refractivity contribution in [2.45, 2.75) is 13.5 Å². The SMILES string of the molecule is [2H]C(OS(C)(=O)=O)/C(C)=C/COCc1ccccc1. The fourth-order valence-corrected chi connectivity index (χ4v) is 1.48. The molecule has 0 saturated carbocycles. The van der Waals surface area contributed by atoms with Gasteiger partial charge in [-0.2, -0.15) is 8.42 Å². The molecule has 0 spiro atoms. The normalized spacial score (nSPS) is 15.2. The molecule has 4 nitrogen and oxygen atoms in total. The van der Waals surface area contributed by atoms with Gasteiger partial charge in [0.15, 0.2) is 0 Å². The summed E-state index contributed by atoms with van der Waals surface area (Å²) in [7, 11) is -3.61. The molecule has 0 aliphatic carbocycles. The molecule has 0 aliphatic rings. The van der Waals surface area contributed by atoms with Gasteiger partial charge in [-0.05, 0) is 18.1 Å². The lowest BCUT2D eigenvalue weighted by atomic mass is 10.2. The molecule has 0 heterocycles. The van der Waals surface area contributed by atoms with Crippen molar-refractivity contribution in [3.05, 3.63) is 47.5 Å². The third-order valence-corrected chi connectivity index (χ3v) is 2.49. The number of benzene rings is 1. The molecule has 1 aromatic rings. The van der Waals surface area contributed by atoms with Gasteiger partial charge in [-0.25, -0.2) is 0 Å². The van der Waals surface area contributed by atoms with E-state index in [4.69, 9.17) is 6.11 Å². The molecule has 1 atom stereocenters. The zero-order valence-electron chi connectivity index (χ0n) is 11.5. The number of ether oxygens (including phenoxy) is 1. The Kier molecular flexibility index (Phi) is 5.38. The van der Waals surface area contributed by atoms with Gasteiger partial charge >= 0.3 is 0 Å². The molecule has 0 radical (unpaired) electrons. The fourth-order valence-electron chi connectivity index (χ4n) is 1.15. The Bertz CT molecular complexity index is 511. The van der Waals surface area contributed by atoms with E-state index in [1.165, 1.54) is 0 Å². The van der Waals surface area contributed by atoms with Gasteiger partial charge in [-0.15, -0.1) is 0 Å². The lowest BCUT2D eigenvalue weighted by Crippen LogP contribution is -2.05. The molecule has 18 heavy (non-hydrogen) atoms. The van der Waals surface area contributed by atoms with Crippen molar-refractivity contribution >= 4 is 10.1 Å². The fraction of sp³-hybridized carbons (Fsp3) is 0.385. The van der Waals surface area contributed by atoms with Crippen LogP contribution in [0.1, 0.15) is 13.9 Å². The Hall–Kier alpha value is -1.17. The van der Waals surface area contributed by atoms with E-state index in [1.807, 2.05) is 30.3 Å². The summed E-state index contributed by atoms with van der Waals surface area (Å²) in [6.07, 6.45) is 2.57. The first-order valence-corrected chi connectivity index (χ1v) is 7.29. The summed E-state index contributed by atoms with van der Waals surface area (Å²) in [5.74, 6) is 0. The standard InChI is InChI=1S/C13H18O4S/c1-12(10-17-18(2,14)15)8-9-16-11-13-6-4-3-5-7-13/h3-8H,9-11H2,1-2H3/b12-8+/i10D. The van der Waals surface area contributed by atoms with E-state index in [-0.39, 0.29) is 0 Å². The van der Waals surface area contributed by atoms with Crippen LogP contribution in [-0.4, -0.2) is 27.9 Å². The van der Waals surface area contributed by atoms with Crippen molar-refractivity contribution in [2.24, 2.45) is 0 Å². The topological polar surface area (TPSA) is 52.6 Å². The minimum absolute atomic E-state index is 0.309. The third kappa shape index (κ3) is 7.21. The van der Waals surface area contributed by atoms with Crippen LogP contribution in [0.2, 0.25) is 0 Å². The first kappa shape index (κ1) is 13.3. The van der Waals surface area contributed by atoms with Crippen LogP contribution in [0.5, 0.6) is 0 Å². The third-order valence-electron chi connectivity index (χ3n) is 2.04. The molecular formula is C13H18O4S. The van der Waals surface area contributed by atoms with E-state index < -0.39 is 16.7 Å². The molecule has 0 aromatic heterocycles. The number of rotatable bonds is 7. The van der Waals surface area contributed by atoms with Gasteiger partial charge in [0, 0.05) is 0 Å². The van der Waals surface area contributed by atoms with Gasteiger partial charge in [-0.3, -0.25) is 4.18 Å². The first-order valence-electron chi connectivity index (χ1n) is 6.05. The maximum atomic E-state index is 10.9. The largest absolute Gasteiger partial charge is 0.373 e. The van der Waals surface area contributed by atoms with Crippen LogP contribution in [0.15, 0.2) is 42.0 Å². The Labute approximate surface area is 110 Å². The summed E-state index contributed by atoms with van der Waals surface area (Å²) in [6, 6.07) is 9.70. The van der Waals surface area contributed by atoms with Crippen molar-refractivity contribution in [1.29, 1.82) is 0 Å². The second kappa shape index (κ2) is 7.31. The number of hydrogen-bond donors (Lipinski definition) is 0. The quantitative estimate of drug-likeness (QED) is 0.433. The average molecular weight is 271 g/mol. The van der Waals surface area contributed by atoms with Gasteiger partial charge in [0.2, 0.25) is 0 Å². The van der Waals surface area contributed by atoms with E-state index in [1.54, 1.807) is 13.0 Å². The Morgan fingerprint density at radius 1 is 1.39 bits per heavy atom. The average Bonchev–Trinajstić information content (AvgIpc) is 2.33. The summed E-state index contributed by atoms with van der Waals surface area (Å²) in [5, 5.41) is 0. The zero-order valence-corrected chi connectivity index (χ0v) is 11.3. The van der Waals surface area contributed by atoms with E-state index in [0.29, 0.717) is 18.8 Å². The maximum Gasteiger partial charge on any atom is 0.264 e. The lowest BCUT2D eigenvalue weighted by Gasteiger charge is -2.03. The molecule has 0 amide bonds. The van der Waals surface area contributed by atoms with Gasteiger partial charge < -0.3 is 4.74 Å². The van der Waals surface area contributed by atoms with Gasteiger partial charge in [-0.1, -0.05) is 36.4 Å². The smallest absolute Gasteiger partial charge is 0.264 e. The Morgan fingerprint density at radius 3 is 2.67 bits per heavy atom. The van der Waals surface area contributed by atoms with Crippen LogP contribution in [0.4, 0.5) is 0 Å². The molecule has 1 rings (SSSR count). The molecule has 0 bridgehead atoms. The van der Waals surface area contributed by atoms with Gasteiger partial charge in [0.1, 0.15) is 0 Å². The van der Waals surface area contributed by atoms with Crippen LogP contribution in [-0.2, 0) is 25.6 Å². The van der Waals surface area contributed by atoms with E-state index >= 15 is 0 Å². The predicted octanol–water partition coefficient (Wildman–Crippen LogP) is 2.13. The second-order valence-corrected chi connectivity index (χ2v) is 5.47. The highest BCUT2D eigenvalue weighted by Crippen LogP contribution is 2.02. The molecule has 0 fully saturated rings. The number of hydrogen-bond acceptors (Lipinski definition) is 4. The van der Waals surface area contributed by atoms with Crippen LogP contribution in [0.3, 0.4) is 0 Å². The minimum Gasteiger partial charge on any atom is -0.373 e. The van der Waals surface area contributed by atoms with E-state index in [2.05, 4.69) is 4.18 Å². The van der Waals surface area contributed by atoms with Crippen molar-refractivity contribution in [3.63, 3.8) is 0 Å². The summed E-state index contributed by atoms with van der Waals surface area (Å²) in [5.41, 5.74) is 1.56. The highest BCUT2D eigenvalue weighted by Gasteiger charge is 2.01. The Morgan fingerprint density at radius 2 is 2.06 bits per heavy atom. The second-order valence-electron chi connectivity index (χ2n) is 3.87. The van der Waals surface area contributed by atoms with Crippen LogP contribution in [0, 0.1) is 0 Å². The first-order chi connectivity index (χ1) is 8.88. The molecule has 5 heteroatoms. The molecule has 0 saturated heterocycles. The molecule has 100 valence electrons. The summed E-state index contributed by atoms with van der Waals surface area (Å²) in [6.45, 7) is 1.20. The molecular weight excluding hydrogens is 252 g/mol. The summed E-state index contributed by atoms with van der Waals surface area (Å²) in [4.78, 5) is 0. The van der Waals surface area contributed by atoms with E-state index in [0.717, 1.165) is 11.8 Å².